The number of urea groups is 1. The van der Waals surface area contributed by atoms with Gasteiger partial charge in [0.1, 0.15) is 5.75 Å². The lowest BCUT2D eigenvalue weighted by atomic mass is 10.2. The van der Waals surface area contributed by atoms with E-state index < -0.39 is 0 Å². The van der Waals surface area contributed by atoms with Crippen LogP contribution in [0.1, 0.15) is 5.56 Å². The van der Waals surface area contributed by atoms with Crippen LogP contribution in [0, 0.1) is 6.92 Å². The molecule has 0 atom stereocenters. The maximum Gasteiger partial charge on any atom is 0.328 e. The molecule has 3 aromatic rings. The van der Waals surface area contributed by atoms with E-state index >= 15 is 0 Å². The molecule has 1 heterocycles. The maximum absolute atomic E-state index is 12.3. The fourth-order valence-corrected chi connectivity index (χ4v) is 2.77. The standard InChI is InChI=1S/C18H20N4O3/c1-11-9-13(25-4)6-7-14(11)20-17(23)19-12-5-8-15-16(10-12)22(3)18(24)21(15)2/h5-10H,1-4H3,(H2,19,20,23). The Bertz CT molecular complexity index is 1020. The Morgan fingerprint density at radius 3 is 2.40 bits per heavy atom. The predicted octanol–water partition coefficient (Wildman–Crippen LogP) is 2.84. The Hall–Kier alpha value is -3.22. The molecule has 1 aromatic heterocycles. The molecule has 2 aromatic carbocycles. The third kappa shape index (κ3) is 3.08. The largest absolute Gasteiger partial charge is 0.497 e. The van der Waals surface area contributed by atoms with Crippen LogP contribution in [-0.2, 0) is 14.1 Å². The summed E-state index contributed by atoms with van der Waals surface area (Å²) < 4.78 is 8.27. The highest BCUT2D eigenvalue weighted by atomic mass is 16.5. The highest BCUT2D eigenvalue weighted by Gasteiger charge is 2.10. The summed E-state index contributed by atoms with van der Waals surface area (Å²) in [4.78, 5) is 24.2. The van der Waals surface area contributed by atoms with Gasteiger partial charge in [0.05, 0.1) is 18.1 Å². The number of benzene rings is 2. The van der Waals surface area contributed by atoms with Crippen LogP contribution in [-0.4, -0.2) is 22.3 Å². The van der Waals surface area contributed by atoms with Crippen molar-refractivity contribution in [3.05, 3.63) is 52.4 Å². The van der Waals surface area contributed by atoms with Crippen LogP contribution in [0.2, 0.25) is 0 Å². The van der Waals surface area contributed by atoms with Gasteiger partial charge in [0, 0.05) is 25.5 Å². The first kappa shape index (κ1) is 16.6. The normalized spacial score (nSPS) is 10.7. The van der Waals surface area contributed by atoms with Crippen molar-refractivity contribution in [3.8, 4) is 5.75 Å². The molecule has 0 saturated carbocycles. The van der Waals surface area contributed by atoms with E-state index in [0.29, 0.717) is 11.4 Å². The second kappa shape index (κ2) is 6.35. The molecule has 2 amide bonds. The number of aromatic nitrogens is 2. The van der Waals surface area contributed by atoms with E-state index in [0.717, 1.165) is 22.3 Å². The van der Waals surface area contributed by atoms with Crippen molar-refractivity contribution >= 4 is 28.4 Å². The number of nitrogens with zero attached hydrogens (tertiary/aromatic N) is 2. The summed E-state index contributed by atoms with van der Waals surface area (Å²) in [6, 6.07) is 10.4. The molecular weight excluding hydrogens is 320 g/mol. The Morgan fingerprint density at radius 2 is 1.72 bits per heavy atom. The van der Waals surface area contributed by atoms with Gasteiger partial charge in [-0.1, -0.05) is 0 Å². The number of imidazole rings is 1. The Kier molecular flexibility index (Phi) is 4.22. The van der Waals surface area contributed by atoms with E-state index in [1.165, 1.54) is 0 Å². The fourth-order valence-electron chi connectivity index (χ4n) is 2.77. The number of aryl methyl sites for hydroxylation is 3. The van der Waals surface area contributed by atoms with Gasteiger partial charge in [-0.05, 0) is 48.9 Å². The van der Waals surface area contributed by atoms with Crippen LogP contribution < -0.4 is 21.1 Å². The molecule has 0 aliphatic carbocycles. The number of carbonyl (C=O) groups is 1. The number of carbonyl (C=O) groups excluding carboxylic acids is 1. The Morgan fingerprint density at radius 1 is 1.00 bits per heavy atom. The third-order valence-corrected chi connectivity index (χ3v) is 4.21. The molecular formula is C18H20N4O3. The van der Waals surface area contributed by atoms with Gasteiger partial charge in [-0.2, -0.15) is 0 Å². The summed E-state index contributed by atoms with van der Waals surface area (Å²) in [5.74, 6) is 0.735. The number of ether oxygens (including phenoxy) is 1. The number of fused-ring (bicyclic) bond motifs is 1. The molecule has 0 aliphatic rings. The average molecular weight is 340 g/mol. The molecule has 3 rings (SSSR count). The van der Waals surface area contributed by atoms with Gasteiger partial charge in [-0.25, -0.2) is 9.59 Å². The van der Waals surface area contributed by atoms with Crippen molar-refractivity contribution in [2.45, 2.75) is 6.92 Å². The number of methoxy groups -OCH3 is 1. The molecule has 0 bridgehead atoms. The van der Waals surface area contributed by atoms with Gasteiger partial charge in [0.2, 0.25) is 0 Å². The number of hydrogen-bond donors (Lipinski definition) is 2. The molecule has 0 radical (unpaired) electrons. The van der Waals surface area contributed by atoms with Crippen LogP contribution in [0.3, 0.4) is 0 Å². The lowest BCUT2D eigenvalue weighted by Gasteiger charge is -2.11. The first-order valence-electron chi connectivity index (χ1n) is 7.79. The summed E-state index contributed by atoms with van der Waals surface area (Å²) in [6.07, 6.45) is 0. The van der Waals surface area contributed by atoms with Crippen molar-refractivity contribution in [2.24, 2.45) is 14.1 Å². The van der Waals surface area contributed by atoms with Crippen LogP contribution in [0.4, 0.5) is 16.2 Å². The Balaban J connectivity index is 1.80. The van der Waals surface area contributed by atoms with Crippen LogP contribution in [0.25, 0.3) is 11.0 Å². The topological polar surface area (TPSA) is 77.3 Å². The summed E-state index contributed by atoms with van der Waals surface area (Å²) in [7, 11) is 5.02. The zero-order valence-corrected chi connectivity index (χ0v) is 14.6. The zero-order valence-electron chi connectivity index (χ0n) is 14.6. The molecule has 0 spiro atoms. The Labute approximate surface area is 144 Å². The number of amides is 2. The fraction of sp³-hybridized carbons (Fsp3) is 0.222. The summed E-state index contributed by atoms with van der Waals surface area (Å²) in [5.41, 5.74) is 3.67. The van der Waals surface area contributed by atoms with E-state index in [-0.39, 0.29) is 11.7 Å². The third-order valence-electron chi connectivity index (χ3n) is 4.21. The van der Waals surface area contributed by atoms with Gasteiger partial charge in [0.15, 0.2) is 0 Å². The van der Waals surface area contributed by atoms with Crippen molar-refractivity contribution in [1.29, 1.82) is 0 Å². The first-order chi connectivity index (χ1) is 11.9. The van der Waals surface area contributed by atoms with E-state index in [1.54, 1.807) is 54.6 Å². The molecule has 0 saturated heterocycles. The monoisotopic (exact) mass is 340 g/mol. The van der Waals surface area contributed by atoms with E-state index in [9.17, 15) is 9.59 Å². The minimum Gasteiger partial charge on any atom is -0.497 e. The van der Waals surface area contributed by atoms with Gasteiger partial charge in [-0.3, -0.25) is 9.13 Å². The van der Waals surface area contributed by atoms with E-state index in [1.807, 2.05) is 19.1 Å². The minimum absolute atomic E-state index is 0.106. The number of rotatable bonds is 3. The lowest BCUT2D eigenvalue weighted by Crippen LogP contribution is -2.20. The molecule has 0 unspecified atom stereocenters. The van der Waals surface area contributed by atoms with Gasteiger partial charge < -0.3 is 15.4 Å². The van der Waals surface area contributed by atoms with Gasteiger partial charge in [-0.15, -0.1) is 0 Å². The van der Waals surface area contributed by atoms with Crippen LogP contribution >= 0.6 is 0 Å². The second-order valence-corrected chi connectivity index (χ2v) is 5.86. The number of anilines is 2. The smallest absolute Gasteiger partial charge is 0.328 e. The number of nitrogens with one attached hydrogen (secondary N) is 2. The highest BCUT2D eigenvalue weighted by Crippen LogP contribution is 2.22. The zero-order chi connectivity index (χ0) is 18.1. The molecule has 25 heavy (non-hydrogen) atoms. The summed E-state index contributed by atoms with van der Waals surface area (Å²) in [6.45, 7) is 1.89. The minimum atomic E-state index is -0.353. The molecule has 0 fully saturated rings. The molecule has 0 aliphatic heterocycles. The molecule has 130 valence electrons. The predicted molar refractivity (Wildman–Crippen MR) is 98.5 cm³/mol. The van der Waals surface area contributed by atoms with Gasteiger partial charge in [0.25, 0.3) is 0 Å². The lowest BCUT2D eigenvalue weighted by molar-refractivity contribution is 0.262. The average Bonchev–Trinajstić information content (AvgIpc) is 2.81. The van der Waals surface area contributed by atoms with Crippen molar-refractivity contribution < 1.29 is 9.53 Å². The second-order valence-electron chi connectivity index (χ2n) is 5.86. The quantitative estimate of drug-likeness (QED) is 0.770. The first-order valence-corrected chi connectivity index (χ1v) is 7.79. The maximum atomic E-state index is 12.3. The van der Waals surface area contributed by atoms with E-state index in [4.69, 9.17) is 4.74 Å². The molecule has 7 nitrogen and oxygen atoms in total. The van der Waals surface area contributed by atoms with Crippen molar-refractivity contribution in [1.82, 2.24) is 9.13 Å². The SMILES string of the molecule is COc1ccc(NC(=O)Nc2ccc3c(c2)n(C)c(=O)n3C)c(C)c1. The van der Waals surface area contributed by atoms with Crippen LogP contribution in [0.15, 0.2) is 41.2 Å². The molecule has 2 N–H and O–H groups in total. The molecule has 7 heteroatoms. The van der Waals surface area contributed by atoms with Crippen molar-refractivity contribution in [3.63, 3.8) is 0 Å². The van der Waals surface area contributed by atoms with E-state index in [2.05, 4.69) is 10.6 Å². The summed E-state index contributed by atoms with van der Waals surface area (Å²) >= 11 is 0. The van der Waals surface area contributed by atoms with Crippen molar-refractivity contribution in [2.75, 3.05) is 17.7 Å². The highest BCUT2D eigenvalue weighted by molar-refractivity contribution is 6.01. The van der Waals surface area contributed by atoms with Crippen LogP contribution in [0.5, 0.6) is 5.75 Å². The van der Waals surface area contributed by atoms with Gasteiger partial charge >= 0.3 is 11.7 Å². The number of hydrogen-bond acceptors (Lipinski definition) is 3. The summed E-state index contributed by atoms with van der Waals surface area (Å²) in [5, 5.41) is 5.60.